The molecule has 0 aliphatic carbocycles. The number of fused-ring (bicyclic) bond motifs is 2. The molecule has 0 spiro atoms. The molecule has 0 unspecified atom stereocenters. The van der Waals surface area contributed by atoms with Crippen LogP contribution >= 0.6 is 0 Å². The van der Waals surface area contributed by atoms with E-state index in [2.05, 4.69) is 60.2 Å². The number of anilines is 1. The fraction of sp³-hybridized carbons (Fsp3) is 0.0312. The number of allylic oxidation sites excluding steroid dienone is 1. The predicted octanol–water partition coefficient (Wildman–Crippen LogP) is 6.79. The quantitative estimate of drug-likeness (QED) is 0.213. The Bertz CT molecular complexity index is 1970. The van der Waals surface area contributed by atoms with E-state index in [1.807, 2.05) is 60.8 Å². The second kappa shape index (κ2) is 9.92. The topological polar surface area (TPSA) is 108 Å². The summed E-state index contributed by atoms with van der Waals surface area (Å²) in [6, 6.07) is 24.2. The molecule has 8 heteroatoms. The summed E-state index contributed by atoms with van der Waals surface area (Å²) >= 11 is 0. The summed E-state index contributed by atoms with van der Waals surface area (Å²) in [6.45, 7) is 4.19. The molecule has 6 heterocycles. The molecule has 1 aromatic carbocycles. The Balaban J connectivity index is 1.21. The normalized spacial score (nSPS) is 11.2. The van der Waals surface area contributed by atoms with Crippen molar-refractivity contribution >= 4 is 27.6 Å². The summed E-state index contributed by atoms with van der Waals surface area (Å²) in [5.41, 5.74) is 10.7. The number of nitrogens with zero attached hydrogens (tertiary/aromatic N) is 5. The van der Waals surface area contributed by atoms with Gasteiger partial charge < -0.3 is 10.3 Å². The van der Waals surface area contributed by atoms with Crippen molar-refractivity contribution in [3.05, 3.63) is 122 Å². The predicted molar refractivity (Wildman–Crippen MR) is 158 cm³/mol. The van der Waals surface area contributed by atoms with E-state index >= 15 is 0 Å². The molecule has 192 valence electrons. The van der Waals surface area contributed by atoms with Crippen LogP contribution in [0.2, 0.25) is 0 Å². The highest BCUT2D eigenvalue weighted by Gasteiger charge is 2.16. The minimum absolute atomic E-state index is 0.733. The highest BCUT2D eigenvalue weighted by molar-refractivity contribution is 5.99. The van der Waals surface area contributed by atoms with Gasteiger partial charge in [-0.05, 0) is 48.0 Å². The first-order valence-electron chi connectivity index (χ1n) is 12.9. The molecule has 0 aliphatic heterocycles. The molecule has 0 atom stereocenters. The average molecular weight is 521 g/mol. The van der Waals surface area contributed by atoms with Crippen LogP contribution in [0.5, 0.6) is 0 Å². The van der Waals surface area contributed by atoms with Crippen molar-refractivity contribution in [1.82, 2.24) is 35.1 Å². The lowest BCUT2D eigenvalue weighted by Crippen LogP contribution is -2.02. The van der Waals surface area contributed by atoms with E-state index in [0.717, 1.165) is 73.6 Å². The number of H-pyrrole nitrogens is 2. The highest BCUT2D eigenvalue weighted by atomic mass is 15.1. The summed E-state index contributed by atoms with van der Waals surface area (Å²) in [4.78, 5) is 21.7. The van der Waals surface area contributed by atoms with Crippen LogP contribution in [0.4, 0.5) is 5.69 Å². The van der Waals surface area contributed by atoms with Gasteiger partial charge in [-0.25, -0.2) is 4.98 Å². The molecule has 0 aliphatic rings. The molecule has 7 rings (SSSR count). The fourth-order valence-electron chi connectivity index (χ4n) is 4.91. The van der Waals surface area contributed by atoms with Crippen LogP contribution in [0.1, 0.15) is 5.56 Å². The maximum atomic E-state index is 4.99. The Kier molecular flexibility index (Phi) is 5.82. The van der Waals surface area contributed by atoms with Crippen molar-refractivity contribution in [1.29, 1.82) is 0 Å². The number of benzene rings is 1. The highest BCUT2D eigenvalue weighted by Crippen LogP contribution is 2.33. The van der Waals surface area contributed by atoms with E-state index in [1.54, 1.807) is 24.8 Å². The number of hydrogen-bond donors (Lipinski definition) is 3. The van der Waals surface area contributed by atoms with E-state index in [9.17, 15) is 0 Å². The van der Waals surface area contributed by atoms with Gasteiger partial charge in [-0.1, -0.05) is 36.9 Å². The molecule has 40 heavy (non-hydrogen) atoms. The first-order valence-corrected chi connectivity index (χ1v) is 12.9. The zero-order valence-electron chi connectivity index (χ0n) is 21.5. The van der Waals surface area contributed by atoms with Gasteiger partial charge in [0.15, 0.2) is 0 Å². The first-order chi connectivity index (χ1) is 19.7. The second-order valence-electron chi connectivity index (χ2n) is 9.56. The largest absolute Gasteiger partial charge is 0.358 e. The van der Waals surface area contributed by atoms with E-state index in [4.69, 9.17) is 4.98 Å². The lowest BCUT2D eigenvalue weighted by molar-refractivity contribution is 1.12. The van der Waals surface area contributed by atoms with Gasteiger partial charge in [0.05, 0.1) is 34.5 Å². The third-order valence-corrected chi connectivity index (χ3v) is 6.78. The number of aromatic nitrogens is 7. The van der Waals surface area contributed by atoms with Crippen LogP contribution < -0.4 is 5.32 Å². The number of hydrogen-bond acceptors (Lipinski definition) is 6. The Hall–Kier alpha value is -5.63. The number of rotatable bonds is 7. The maximum absolute atomic E-state index is 4.99. The Morgan fingerprint density at radius 1 is 0.800 bits per heavy atom. The minimum atomic E-state index is 0.733. The first kappa shape index (κ1) is 23.5. The van der Waals surface area contributed by atoms with Gasteiger partial charge in [-0.2, -0.15) is 5.10 Å². The maximum Gasteiger partial charge on any atom is 0.135 e. The number of pyridine rings is 4. The van der Waals surface area contributed by atoms with E-state index in [1.165, 1.54) is 5.56 Å². The van der Waals surface area contributed by atoms with Gasteiger partial charge in [0.1, 0.15) is 11.2 Å². The van der Waals surface area contributed by atoms with Crippen molar-refractivity contribution in [2.24, 2.45) is 0 Å². The molecule has 6 aromatic heterocycles. The molecule has 0 amide bonds. The summed E-state index contributed by atoms with van der Waals surface area (Å²) < 4.78 is 0. The summed E-state index contributed by atoms with van der Waals surface area (Å²) in [5.74, 6) is 0. The Morgan fingerprint density at radius 2 is 1.68 bits per heavy atom. The molecule has 0 saturated heterocycles. The van der Waals surface area contributed by atoms with Gasteiger partial charge in [0.25, 0.3) is 0 Å². The van der Waals surface area contributed by atoms with Crippen molar-refractivity contribution in [3.63, 3.8) is 0 Å². The van der Waals surface area contributed by atoms with Crippen molar-refractivity contribution in [2.75, 3.05) is 5.32 Å². The van der Waals surface area contributed by atoms with Gasteiger partial charge >= 0.3 is 0 Å². The van der Waals surface area contributed by atoms with Crippen molar-refractivity contribution in [2.45, 2.75) is 6.42 Å². The summed E-state index contributed by atoms with van der Waals surface area (Å²) in [6.07, 6.45) is 9.69. The standard InChI is InChI=1S/C32H24N8/c1-20(15-21-5-3-2-4-6-21)36-24-16-23(18-34-19-24)26-7-8-28-31(38-26)32(40-39-28)29-17-25-27(37-29)11-14-35-30(25)22-9-12-33-13-10-22/h2-14,16-19,36-37H,1,15H2,(H,39,40). The number of nitrogens with one attached hydrogen (secondary N) is 3. The van der Waals surface area contributed by atoms with Gasteiger partial charge in [0.2, 0.25) is 0 Å². The van der Waals surface area contributed by atoms with Crippen LogP contribution in [0.15, 0.2) is 116 Å². The molecule has 3 N–H and O–H groups in total. The van der Waals surface area contributed by atoms with Crippen molar-refractivity contribution < 1.29 is 0 Å². The van der Waals surface area contributed by atoms with Crippen LogP contribution in [0, 0.1) is 0 Å². The molecular formula is C32H24N8. The van der Waals surface area contributed by atoms with E-state index in [-0.39, 0.29) is 0 Å². The molecule has 0 fully saturated rings. The number of aromatic amines is 2. The monoisotopic (exact) mass is 520 g/mol. The summed E-state index contributed by atoms with van der Waals surface area (Å²) in [7, 11) is 0. The molecular weight excluding hydrogens is 496 g/mol. The van der Waals surface area contributed by atoms with Crippen LogP contribution in [0.25, 0.3) is 55.8 Å². The fourth-order valence-corrected chi connectivity index (χ4v) is 4.91. The van der Waals surface area contributed by atoms with Crippen molar-refractivity contribution in [3.8, 4) is 33.9 Å². The third kappa shape index (κ3) is 4.48. The Morgan fingerprint density at radius 3 is 2.55 bits per heavy atom. The third-order valence-electron chi connectivity index (χ3n) is 6.78. The lowest BCUT2D eigenvalue weighted by atomic mass is 10.1. The zero-order chi connectivity index (χ0) is 26.9. The molecule has 0 bridgehead atoms. The van der Waals surface area contributed by atoms with E-state index < -0.39 is 0 Å². The average Bonchev–Trinajstić information content (AvgIpc) is 3.62. The van der Waals surface area contributed by atoms with Crippen LogP contribution in [-0.2, 0) is 6.42 Å². The van der Waals surface area contributed by atoms with E-state index in [0.29, 0.717) is 0 Å². The molecule has 7 aromatic rings. The van der Waals surface area contributed by atoms with Gasteiger partial charge in [-0.15, -0.1) is 0 Å². The molecule has 0 radical (unpaired) electrons. The smallest absolute Gasteiger partial charge is 0.135 e. The zero-order valence-corrected chi connectivity index (χ0v) is 21.5. The SMILES string of the molecule is C=C(Cc1ccccc1)Nc1cncc(-c2ccc3[nH]nc(-c4cc5c(-c6ccncc6)nccc5[nH]4)c3n2)c1. The lowest BCUT2D eigenvalue weighted by Gasteiger charge is -2.11. The Labute approximate surface area is 229 Å². The second-order valence-corrected chi connectivity index (χ2v) is 9.56. The molecule has 0 saturated carbocycles. The minimum Gasteiger partial charge on any atom is -0.358 e. The van der Waals surface area contributed by atoms with Crippen LogP contribution in [-0.4, -0.2) is 35.1 Å². The van der Waals surface area contributed by atoms with Gasteiger partial charge in [-0.3, -0.25) is 20.1 Å². The van der Waals surface area contributed by atoms with Gasteiger partial charge in [0, 0.05) is 58.9 Å². The molecule has 8 nitrogen and oxygen atoms in total. The van der Waals surface area contributed by atoms with Crippen LogP contribution in [0.3, 0.4) is 0 Å². The summed E-state index contributed by atoms with van der Waals surface area (Å²) in [5, 5.41) is 12.1.